The van der Waals surface area contributed by atoms with E-state index in [0.29, 0.717) is 0 Å². The van der Waals surface area contributed by atoms with Gasteiger partial charge in [-0.1, -0.05) is 127 Å². The van der Waals surface area contributed by atoms with Crippen molar-refractivity contribution in [2.75, 3.05) is 0 Å². The fourth-order valence-electron chi connectivity index (χ4n) is 8.37. The average Bonchev–Trinajstić information content (AvgIpc) is 3.81. The minimum absolute atomic E-state index is 0.227. The summed E-state index contributed by atoms with van der Waals surface area (Å²) in [5.41, 5.74) is 21.2. The van der Waals surface area contributed by atoms with Crippen LogP contribution in [0.5, 0.6) is 0 Å². The second-order valence-electron chi connectivity index (χ2n) is 14.7. The van der Waals surface area contributed by atoms with Gasteiger partial charge in [0.25, 0.3) is 0 Å². The number of benzene rings is 6. The molecule has 1 atom stereocenters. The van der Waals surface area contributed by atoms with E-state index in [4.69, 9.17) is 15.1 Å². The highest BCUT2D eigenvalue weighted by Crippen LogP contribution is 2.38. The number of aromatic nitrogens is 1. The van der Waals surface area contributed by atoms with Crippen LogP contribution >= 0.6 is 0 Å². The van der Waals surface area contributed by atoms with Gasteiger partial charge in [-0.05, 0) is 108 Å². The predicted molar refractivity (Wildman–Crippen MR) is 235 cm³/mol. The Morgan fingerprint density at radius 3 is 2.32 bits per heavy atom. The largest absolute Gasteiger partial charge is 0.455 e. The lowest BCUT2D eigenvalue weighted by Crippen LogP contribution is -2.08. The number of nitrogens with two attached hydrogens (primary N) is 1. The molecule has 2 aliphatic carbocycles. The standard InChI is InChI=1S/C52H41N3O/c53-47(37-14-3-1-4-15-37)33-48(38-16-5-2-6-17-38)54-34-35-13-11-18-39(31-35)40-27-30-50-46(32-40)43-19-7-9-23-49(43)55(50)41-28-25-36(26-29-41)42-21-12-22-45-44-20-8-10-24-51(44)56-52(42)45/h1-5,7-10,12,14-16,18-34,47H,6,11,13,17,53H2/b48-33-,54-34+/t47-/m1/s1. The van der Waals surface area contributed by atoms with Crippen LogP contribution in [0.25, 0.3) is 66.1 Å². The third kappa shape index (κ3) is 6.24. The van der Waals surface area contributed by atoms with Crippen LogP contribution in [-0.4, -0.2) is 10.8 Å². The minimum atomic E-state index is -0.227. The smallest absolute Gasteiger partial charge is 0.143 e. The van der Waals surface area contributed by atoms with E-state index in [1.54, 1.807) is 0 Å². The number of rotatable bonds is 8. The number of furan rings is 1. The zero-order chi connectivity index (χ0) is 37.4. The van der Waals surface area contributed by atoms with Gasteiger partial charge in [-0.25, -0.2) is 0 Å². The van der Waals surface area contributed by atoms with Crippen molar-refractivity contribution in [3.63, 3.8) is 0 Å². The van der Waals surface area contributed by atoms with E-state index < -0.39 is 0 Å². The maximum atomic E-state index is 6.67. The molecule has 0 amide bonds. The van der Waals surface area contributed by atoms with Crippen LogP contribution in [0.15, 0.2) is 202 Å². The quantitative estimate of drug-likeness (QED) is 0.159. The van der Waals surface area contributed by atoms with Crippen LogP contribution in [0.4, 0.5) is 0 Å². The van der Waals surface area contributed by atoms with Crippen LogP contribution in [0.3, 0.4) is 0 Å². The summed E-state index contributed by atoms with van der Waals surface area (Å²) in [4.78, 5) is 5.09. The second kappa shape index (κ2) is 14.5. The number of allylic oxidation sites excluding steroid dienone is 8. The van der Waals surface area contributed by atoms with E-state index in [1.165, 1.54) is 44.1 Å². The molecule has 10 rings (SSSR count). The molecule has 0 radical (unpaired) electrons. The summed E-state index contributed by atoms with van der Waals surface area (Å²) in [7, 11) is 0. The van der Waals surface area contributed by atoms with Crippen molar-refractivity contribution in [3.8, 4) is 16.8 Å². The molecular weight excluding hydrogens is 683 g/mol. The molecule has 4 nitrogen and oxygen atoms in total. The molecule has 2 heterocycles. The van der Waals surface area contributed by atoms with Crippen LogP contribution in [0.1, 0.15) is 42.9 Å². The highest BCUT2D eigenvalue weighted by atomic mass is 16.3. The maximum absolute atomic E-state index is 6.67. The lowest BCUT2D eigenvalue weighted by atomic mass is 9.94. The van der Waals surface area contributed by atoms with E-state index in [2.05, 4.69) is 156 Å². The molecule has 0 aliphatic heterocycles. The lowest BCUT2D eigenvalue weighted by Gasteiger charge is -2.15. The monoisotopic (exact) mass is 723 g/mol. The summed E-state index contributed by atoms with van der Waals surface area (Å²) >= 11 is 0. The molecule has 2 aliphatic rings. The first kappa shape index (κ1) is 33.8. The Balaban J connectivity index is 0.974. The Morgan fingerprint density at radius 1 is 0.696 bits per heavy atom. The zero-order valence-electron chi connectivity index (χ0n) is 31.1. The van der Waals surface area contributed by atoms with E-state index in [-0.39, 0.29) is 6.04 Å². The Kier molecular flexibility index (Phi) is 8.74. The molecule has 270 valence electrons. The van der Waals surface area contributed by atoms with Crippen molar-refractivity contribution in [3.05, 3.63) is 204 Å². The molecule has 0 unspecified atom stereocenters. The Morgan fingerprint density at radius 2 is 1.46 bits per heavy atom. The molecule has 0 fully saturated rings. The van der Waals surface area contributed by atoms with Crippen molar-refractivity contribution in [1.82, 2.24) is 4.57 Å². The third-order valence-electron chi connectivity index (χ3n) is 11.2. The molecule has 0 spiro atoms. The molecule has 0 saturated carbocycles. The van der Waals surface area contributed by atoms with Crippen molar-refractivity contribution in [1.29, 1.82) is 0 Å². The van der Waals surface area contributed by atoms with Gasteiger partial charge in [-0.2, -0.15) is 0 Å². The van der Waals surface area contributed by atoms with E-state index >= 15 is 0 Å². The fraction of sp³-hybridized carbons (Fsp3) is 0.0962. The first-order valence-electron chi connectivity index (χ1n) is 19.6. The first-order chi connectivity index (χ1) is 27.7. The molecular formula is C52H41N3O. The minimum Gasteiger partial charge on any atom is -0.455 e. The highest BCUT2D eigenvalue weighted by Gasteiger charge is 2.17. The number of aliphatic imine (C=N–C) groups is 1. The van der Waals surface area contributed by atoms with Gasteiger partial charge in [0.2, 0.25) is 0 Å². The number of fused-ring (bicyclic) bond motifs is 6. The van der Waals surface area contributed by atoms with Gasteiger partial charge in [0.1, 0.15) is 11.2 Å². The predicted octanol–water partition coefficient (Wildman–Crippen LogP) is 13.4. The summed E-state index contributed by atoms with van der Waals surface area (Å²) in [6.07, 6.45) is 19.2. The van der Waals surface area contributed by atoms with Gasteiger partial charge < -0.3 is 14.7 Å². The molecule has 2 N–H and O–H groups in total. The van der Waals surface area contributed by atoms with Crippen molar-refractivity contribution < 1.29 is 4.42 Å². The molecule has 0 bridgehead atoms. The second-order valence-corrected chi connectivity index (χ2v) is 14.7. The summed E-state index contributed by atoms with van der Waals surface area (Å²) < 4.78 is 8.75. The third-order valence-corrected chi connectivity index (χ3v) is 11.2. The van der Waals surface area contributed by atoms with Crippen LogP contribution < -0.4 is 5.73 Å². The first-order valence-corrected chi connectivity index (χ1v) is 19.6. The van der Waals surface area contributed by atoms with Gasteiger partial charge in [0.15, 0.2) is 0 Å². The normalized spacial score (nSPS) is 15.5. The van der Waals surface area contributed by atoms with Crippen LogP contribution in [0, 0.1) is 0 Å². The van der Waals surface area contributed by atoms with Gasteiger partial charge >= 0.3 is 0 Å². The van der Waals surface area contributed by atoms with Crippen molar-refractivity contribution in [2.45, 2.75) is 31.7 Å². The molecule has 4 heteroatoms. The number of nitrogens with zero attached hydrogens (tertiary/aromatic N) is 2. The summed E-state index contributed by atoms with van der Waals surface area (Å²) in [5.74, 6) is 0. The van der Waals surface area contributed by atoms with E-state index in [1.807, 2.05) is 30.3 Å². The Labute approximate surface area is 326 Å². The molecule has 6 aromatic carbocycles. The molecule has 8 aromatic rings. The average molecular weight is 724 g/mol. The van der Waals surface area contributed by atoms with Crippen LogP contribution in [0.2, 0.25) is 0 Å². The zero-order valence-corrected chi connectivity index (χ0v) is 31.1. The van der Waals surface area contributed by atoms with Gasteiger partial charge in [0, 0.05) is 39.0 Å². The van der Waals surface area contributed by atoms with Crippen LogP contribution in [-0.2, 0) is 0 Å². The van der Waals surface area contributed by atoms with Crippen molar-refractivity contribution >= 4 is 55.5 Å². The molecule has 56 heavy (non-hydrogen) atoms. The Hall–Kier alpha value is -6.75. The Bertz CT molecular complexity index is 2970. The number of para-hydroxylation sites is 3. The fourth-order valence-corrected chi connectivity index (χ4v) is 8.37. The van der Waals surface area contributed by atoms with E-state index in [9.17, 15) is 0 Å². The SMILES string of the molecule is N[C@H](/C=C(\N=C\C1=CC(c2ccc3c(c2)c2ccccc2n3-c2ccc(-c3cccc4c3oc3ccccc34)cc2)=CCC1)C1=CC=CCC1)c1ccccc1. The van der Waals surface area contributed by atoms with Gasteiger partial charge in [0.05, 0.1) is 22.8 Å². The summed E-state index contributed by atoms with van der Waals surface area (Å²) in [6.45, 7) is 0. The molecule has 0 saturated heterocycles. The van der Waals surface area contributed by atoms with Crippen molar-refractivity contribution in [2.24, 2.45) is 10.7 Å². The summed E-state index contributed by atoms with van der Waals surface area (Å²) in [6, 6.07) is 49.2. The highest BCUT2D eigenvalue weighted by molar-refractivity contribution is 6.11. The summed E-state index contributed by atoms with van der Waals surface area (Å²) in [5, 5.41) is 4.76. The number of hydrogen-bond acceptors (Lipinski definition) is 3. The topological polar surface area (TPSA) is 56.4 Å². The van der Waals surface area contributed by atoms with Gasteiger partial charge in [-0.3, -0.25) is 4.99 Å². The number of hydrogen-bond donors (Lipinski definition) is 1. The molecule has 2 aromatic heterocycles. The maximum Gasteiger partial charge on any atom is 0.143 e. The van der Waals surface area contributed by atoms with Gasteiger partial charge in [-0.15, -0.1) is 0 Å². The van der Waals surface area contributed by atoms with E-state index in [0.717, 1.165) is 75.7 Å². The lowest BCUT2D eigenvalue weighted by molar-refractivity contribution is 0.670.